The van der Waals surface area contributed by atoms with Crippen molar-refractivity contribution in [1.29, 1.82) is 0 Å². The number of carboxylic acid groups (broad SMARTS) is 1. The van der Waals surface area contributed by atoms with Gasteiger partial charge in [-0.2, -0.15) is 0 Å². The van der Waals surface area contributed by atoms with Crippen LogP contribution < -0.4 is 0 Å². The Hall–Kier alpha value is -1.14. The molecular weight excluding hydrogens is 228 g/mol. The predicted octanol–water partition coefficient (Wildman–Crippen LogP) is 1.04. The van der Waals surface area contributed by atoms with Gasteiger partial charge in [-0.3, -0.25) is 9.59 Å². The fourth-order valence-electron chi connectivity index (χ4n) is 1.01. The maximum Gasteiger partial charge on any atom is 0.313 e. The van der Waals surface area contributed by atoms with Gasteiger partial charge in [0.2, 0.25) is 0 Å². The van der Waals surface area contributed by atoms with Crippen LogP contribution in [0.1, 0.15) is 26.7 Å². The van der Waals surface area contributed by atoms with Gasteiger partial charge in [0.1, 0.15) is 0 Å². The van der Waals surface area contributed by atoms with Gasteiger partial charge in [-0.25, -0.2) is 0 Å². The number of hydrogen-bond acceptors (Lipinski definition) is 5. The lowest BCUT2D eigenvalue weighted by atomic mass is 9.88. The molecule has 6 nitrogen and oxygen atoms in total. The van der Waals surface area contributed by atoms with Gasteiger partial charge in [-0.1, -0.05) is 0 Å². The van der Waals surface area contributed by atoms with Crippen molar-refractivity contribution < 1.29 is 28.9 Å². The molecule has 1 N–H and O–H groups in total. The highest BCUT2D eigenvalue weighted by molar-refractivity contribution is 5.77. The van der Waals surface area contributed by atoms with E-state index in [9.17, 15) is 9.59 Å². The highest BCUT2D eigenvalue weighted by Crippen LogP contribution is 2.24. The van der Waals surface area contributed by atoms with Crippen LogP contribution in [0.25, 0.3) is 0 Å². The van der Waals surface area contributed by atoms with E-state index in [0.717, 1.165) is 0 Å². The Labute approximate surface area is 101 Å². The minimum atomic E-state index is -0.929. The van der Waals surface area contributed by atoms with Crippen LogP contribution in [0, 0.1) is 5.41 Å². The Kier molecular flexibility index (Phi) is 7.49. The van der Waals surface area contributed by atoms with E-state index in [0.29, 0.717) is 13.2 Å². The summed E-state index contributed by atoms with van der Waals surface area (Å²) in [5.74, 6) is -1.39. The standard InChI is InChI=1S/C11H20O6/c1-11(2,5-4-9(12)13)10(14)17-8-16-7-6-15-3/h4-8H2,1-3H3,(H,12,13). The Morgan fingerprint density at radius 3 is 2.41 bits per heavy atom. The minimum Gasteiger partial charge on any atom is -0.481 e. The molecule has 17 heavy (non-hydrogen) atoms. The fourth-order valence-corrected chi connectivity index (χ4v) is 1.01. The van der Waals surface area contributed by atoms with Gasteiger partial charge in [-0.15, -0.1) is 0 Å². The summed E-state index contributed by atoms with van der Waals surface area (Å²) in [6.07, 6.45) is 0.172. The second-order valence-electron chi connectivity index (χ2n) is 4.23. The average molecular weight is 248 g/mol. The topological polar surface area (TPSA) is 82.1 Å². The quantitative estimate of drug-likeness (QED) is 0.373. The molecule has 0 rings (SSSR count). The molecule has 0 radical (unpaired) electrons. The van der Waals surface area contributed by atoms with Gasteiger partial charge < -0.3 is 19.3 Å². The number of methoxy groups -OCH3 is 1. The van der Waals surface area contributed by atoms with Crippen molar-refractivity contribution >= 4 is 11.9 Å². The van der Waals surface area contributed by atoms with Gasteiger partial charge in [0.05, 0.1) is 18.6 Å². The summed E-state index contributed by atoms with van der Waals surface area (Å²) in [7, 11) is 1.55. The summed E-state index contributed by atoms with van der Waals surface area (Å²) in [6, 6.07) is 0. The second kappa shape index (κ2) is 8.03. The largest absolute Gasteiger partial charge is 0.481 e. The van der Waals surface area contributed by atoms with Crippen molar-refractivity contribution in [3.8, 4) is 0 Å². The first-order valence-corrected chi connectivity index (χ1v) is 5.36. The van der Waals surface area contributed by atoms with E-state index in [1.165, 1.54) is 0 Å². The van der Waals surface area contributed by atoms with Crippen molar-refractivity contribution in [1.82, 2.24) is 0 Å². The Bertz CT molecular complexity index is 248. The van der Waals surface area contributed by atoms with Crippen molar-refractivity contribution in [3.63, 3.8) is 0 Å². The van der Waals surface area contributed by atoms with Crippen molar-refractivity contribution in [2.75, 3.05) is 27.1 Å². The summed E-state index contributed by atoms with van der Waals surface area (Å²) in [6.45, 7) is 3.93. The normalized spacial score (nSPS) is 11.2. The SMILES string of the molecule is COCCOCOC(=O)C(C)(C)CCC(=O)O. The van der Waals surface area contributed by atoms with Crippen molar-refractivity contribution in [2.24, 2.45) is 5.41 Å². The van der Waals surface area contributed by atoms with E-state index in [2.05, 4.69) is 0 Å². The van der Waals surface area contributed by atoms with Crippen LogP contribution in [0.15, 0.2) is 0 Å². The third kappa shape index (κ3) is 7.70. The van der Waals surface area contributed by atoms with Crippen LogP contribution in [0.2, 0.25) is 0 Å². The first-order chi connectivity index (χ1) is 7.90. The molecule has 0 spiro atoms. The zero-order chi connectivity index (χ0) is 13.3. The predicted molar refractivity (Wildman–Crippen MR) is 59.4 cm³/mol. The molecule has 0 fully saturated rings. The Balaban J connectivity index is 3.82. The number of carbonyl (C=O) groups is 2. The lowest BCUT2D eigenvalue weighted by Crippen LogP contribution is -2.28. The van der Waals surface area contributed by atoms with Crippen LogP contribution in [0.4, 0.5) is 0 Å². The second-order valence-corrected chi connectivity index (χ2v) is 4.23. The van der Waals surface area contributed by atoms with Crippen LogP contribution in [0.5, 0.6) is 0 Å². The molecule has 0 aromatic rings. The molecule has 0 heterocycles. The lowest BCUT2D eigenvalue weighted by molar-refractivity contribution is -0.168. The summed E-state index contributed by atoms with van der Waals surface area (Å²) in [5, 5.41) is 8.54. The Morgan fingerprint density at radius 1 is 1.24 bits per heavy atom. The van der Waals surface area contributed by atoms with Crippen LogP contribution >= 0.6 is 0 Å². The fraction of sp³-hybridized carbons (Fsp3) is 0.818. The van der Waals surface area contributed by atoms with Gasteiger partial charge >= 0.3 is 11.9 Å². The third-order valence-electron chi connectivity index (χ3n) is 2.22. The third-order valence-corrected chi connectivity index (χ3v) is 2.22. The number of rotatable bonds is 9. The average Bonchev–Trinajstić information content (AvgIpc) is 2.26. The summed E-state index contributed by atoms with van der Waals surface area (Å²) in [5.41, 5.74) is -0.816. The van der Waals surface area contributed by atoms with E-state index in [1.807, 2.05) is 0 Å². The molecule has 0 aliphatic carbocycles. The van der Waals surface area contributed by atoms with Crippen LogP contribution in [-0.4, -0.2) is 44.2 Å². The monoisotopic (exact) mass is 248 g/mol. The molecule has 0 amide bonds. The van der Waals surface area contributed by atoms with Crippen molar-refractivity contribution in [2.45, 2.75) is 26.7 Å². The summed E-state index contributed by atoms with van der Waals surface area (Å²) >= 11 is 0. The lowest BCUT2D eigenvalue weighted by Gasteiger charge is -2.21. The Morgan fingerprint density at radius 2 is 1.88 bits per heavy atom. The molecule has 0 aromatic heterocycles. The number of ether oxygens (including phenoxy) is 3. The first kappa shape index (κ1) is 15.9. The number of aliphatic carboxylic acids is 1. The van der Waals surface area contributed by atoms with Gasteiger partial charge in [0.25, 0.3) is 0 Å². The molecular formula is C11H20O6. The van der Waals surface area contributed by atoms with Crippen molar-refractivity contribution in [3.05, 3.63) is 0 Å². The first-order valence-electron chi connectivity index (χ1n) is 5.36. The minimum absolute atomic E-state index is 0.0629. The molecule has 0 unspecified atom stereocenters. The summed E-state index contributed by atoms with van der Waals surface area (Å²) < 4.78 is 14.6. The van der Waals surface area contributed by atoms with E-state index in [1.54, 1.807) is 21.0 Å². The zero-order valence-electron chi connectivity index (χ0n) is 10.5. The molecule has 0 saturated carbocycles. The highest BCUT2D eigenvalue weighted by Gasteiger charge is 2.29. The molecule has 0 atom stereocenters. The maximum absolute atomic E-state index is 11.6. The maximum atomic E-state index is 11.6. The number of carboxylic acids is 1. The molecule has 0 saturated heterocycles. The zero-order valence-corrected chi connectivity index (χ0v) is 10.5. The number of carbonyl (C=O) groups excluding carboxylic acids is 1. The van der Waals surface area contributed by atoms with Gasteiger partial charge in [0, 0.05) is 13.5 Å². The van der Waals surface area contributed by atoms with Gasteiger partial charge in [-0.05, 0) is 20.3 Å². The molecule has 0 aromatic carbocycles. The van der Waals surface area contributed by atoms with E-state index < -0.39 is 17.4 Å². The molecule has 6 heteroatoms. The molecule has 0 bridgehead atoms. The number of esters is 1. The number of hydrogen-bond donors (Lipinski definition) is 1. The van der Waals surface area contributed by atoms with E-state index in [4.69, 9.17) is 19.3 Å². The molecule has 100 valence electrons. The van der Waals surface area contributed by atoms with Gasteiger partial charge in [0.15, 0.2) is 6.79 Å². The summed E-state index contributed by atoms with van der Waals surface area (Å²) in [4.78, 5) is 22.0. The van der Waals surface area contributed by atoms with E-state index in [-0.39, 0.29) is 19.6 Å². The highest BCUT2D eigenvalue weighted by atomic mass is 16.7. The van der Waals surface area contributed by atoms with Crippen LogP contribution in [-0.2, 0) is 23.8 Å². The smallest absolute Gasteiger partial charge is 0.313 e. The molecule has 0 aliphatic heterocycles. The van der Waals surface area contributed by atoms with E-state index >= 15 is 0 Å². The molecule has 0 aliphatic rings. The van der Waals surface area contributed by atoms with Crippen LogP contribution in [0.3, 0.4) is 0 Å².